The van der Waals surface area contributed by atoms with Gasteiger partial charge in [0.25, 0.3) is 5.91 Å². The molecular formula is C14H8Cl3F3N2O. The molecule has 122 valence electrons. The number of carbonyl (C=O) groups excluding carboxylic acids is 1. The predicted molar refractivity (Wildman–Crippen MR) is 82.0 cm³/mol. The highest BCUT2D eigenvalue weighted by atomic mass is 35.5. The van der Waals surface area contributed by atoms with Crippen LogP contribution in [0.4, 0.5) is 13.2 Å². The van der Waals surface area contributed by atoms with E-state index in [4.69, 9.17) is 40.5 Å². The van der Waals surface area contributed by atoms with Crippen LogP contribution in [0.25, 0.3) is 0 Å². The van der Waals surface area contributed by atoms with E-state index in [-0.39, 0.29) is 32.7 Å². The summed E-state index contributed by atoms with van der Waals surface area (Å²) < 4.78 is 37.8. The molecule has 0 unspecified atom stereocenters. The standard InChI is InChI=1S/C14H8Cl3F3N2O/c15-8-2-1-6(12(17)11(8)13(21)23)3-10-9(16)4-7(5-22-10)14(18,19)20/h1-2,4-5H,3H2,(H2,21,23). The van der Waals surface area contributed by atoms with Crippen molar-refractivity contribution in [1.29, 1.82) is 0 Å². The third-order valence-corrected chi connectivity index (χ3v) is 4.09. The Labute approximate surface area is 144 Å². The molecule has 2 rings (SSSR count). The fourth-order valence-electron chi connectivity index (χ4n) is 1.89. The summed E-state index contributed by atoms with van der Waals surface area (Å²) in [5, 5.41) is -0.0630. The minimum atomic E-state index is -4.54. The lowest BCUT2D eigenvalue weighted by molar-refractivity contribution is -0.137. The van der Waals surface area contributed by atoms with E-state index in [1.807, 2.05) is 0 Å². The molecule has 1 aromatic carbocycles. The van der Waals surface area contributed by atoms with Gasteiger partial charge in [0, 0.05) is 12.6 Å². The Morgan fingerprint density at radius 2 is 1.83 bits per heavy atom. The Hall–Kier alpha value is -1.50. The van der Waals surface area contributed by atoms with Crippen molar-refractivity contribution in [3.63, 3.8) is 0 Å². The van der Waals surface area contributed by atoms with Crippen molar-refractivity contribution in [2.75, 3.05) is 0 Å². The zero-order chi connectivity index (χ0) is 17.4. The van der Waals surface area contributed by atoms with Crippen LogP contribution in [-0.2, 0) is 12.6 Å². The van der Waals surface area contributed by atoms with Crippen molar-refractivity contribution in [1.82, 2.24) is 4.98 Å². The highest BCUT2D eigenvalue weighted by molar-refractivity contribution is 6.40. The molecule has 1 heterocycles. The molecule has 0 atom stereocenters. The average Bonchev–Trinajstić information content (AvgIpc) is 2.42. The molecule has 0 fully saturated rings. The topological polar surface area (TPSA) is 56.0 Å². The molecule has 0 spiro atoms. The van der Waals surface area contributed by atoms with Crippen molar-refractivity contribution in [2.45, 2.75) is 12.6 Å². The van der Waals surface area contributed by atoms with Crippen molar-refractivity contribution in [2.24, 2.45) is 5.73 Å². The van der Waals surface area contributed by atoms with Crippen molar-refractivity contribution < 1.29 is 18.0 Å². The number of nitrogens with two attached hydrogens (primary N) is 1. The molecule has 0 aliphatic heterocycles. The summed E-state index contributed by atoms with van der Waals surface area (Å²) in [5.41, 5.74) is 4.78. The number of halogens is 6. The number of aromatic nitrogens is 1. The summed E-state index contributed by atoms with van der Waals surface area (Å²) in [7, 11) is 0. The van der Waals surface area contributed by atoms with Gasteiger partial charge in [0.05, 0.1) is 31.9 Å². The first-order valence-electron chi connectivity index (χ1n) is 6.09. The molecule has 0 bridgehead atoms. The first-order valence-corrected chi connectivity index (χ1v) is 7.23. The second-order valence-corrected chi connectivity index (χ2v) is 5.78. The van der Waals surface area contributed by atoms with E-state index in [0.29, 0.717) is 11.8 Å². The number of amides is 1. The highest BCUT2D eigenvalue weighted by Crippen LogP contribution is 2.33. The molecule has 1 aromatic heterocycles. The normalized spacial score (nSPS) is 11.6. The van der Waals surface area contributed by atoms with Crippen LogP contribution in [0.15, 0.2) is 24.4 Å². The van der Waals surface area contributed by atoms with Crippen LogP contribution in [0.2, 0.25) is 15.1 Å². The smallest absolute Gasteiger partial charge is 0.366 e. The lowest BCUT2D eigenvalue weighted by Gasteiger charge is -2.11. The summed E-state index contributed by atoms with van der Waals surface area (Å²) in [6.45, 7) is 0. The van der Waals surface area contributed by atoms with Crippen molar-refractivity contribution in [3.05, 3.63) is 61.8 Å². The van der Waals surface area contributed by atoms with E-state index in [1.54, 1.807) is 0 Å². The van der Waals surface area contributed by atoms with Crippen LogP contribution in [0.3, 0.4) is 0 Å². The lowest BCUT2D eigenvalue weighted by Crippen LogP contribution is -2.13. The number of primary amides is 1. The molecule has 0 saturated heterocycles. The Bertz CT molecular complexity index is 779. The minimum Gasteiger partial charge on any atom is -0.366 e. The van der Waals surface area contributed by atoms with E-state index < -0.39 is 17.6 Å². The maximum atomic E-state index is 12.6. The number of rotatable bonds is 3. The predicted octanol–water partition coefficient (Wildman–Crippen LogP) is 4.75. The van der Waals surface area contributed by atoms with Gasteiger partial charge in [-0.1, -0.05) is 40.9 Å². The molecule has 0 aliphatic rings. The largest absolute Gasteiger partial charge is 0.417 e. The number of benzene rings is 1. The quantitative estimate of drug-likeness (QED) is 0.831. The van der Waals surface area contributed by atoms with Crippen LogP contribution in [0.5, 0.6) is 0 Å². The van der Waals surface area contributed by atoms with E-state index in [9.17, 15) is 18.0 Å². The van der Waals surface area contributed by atoms with E-state index >= 15 is 0 Å². The molecule has 0 radical (unpaired) electrons. The van der Waals surface area contributed by atoms with Gasteiger partial charge in [-0.05, 0) is 17.7 Å². The Morgan fingerprint density at radius 3 is 2.35 bits per heavy atom. The van der Waals surface area contributed by atoms with Crippen LogP contribution in [0.1, 0.15) is 27.2 Å². The fraction of sp³-hybridized carbons (Fsp3) is 0.143. The second-order valence-electron chi connectivity index (χ2n) is 4.59. The molecule has 2 aromatic rings. The number of pyridine rings is 1. The third kappa shape index (κ3) is 3.88. The maximum Gasteiger partial charge on any atom is 0.417 e. The summed E-state index contributed by atoms with van der Waals surface area (Å²) in [5.74, 6) is -0.812. The molecule has 2 N–H and O–H groups in total. The average molecular weight is 384 g/mol. The molecule has 0 aliphatic carbocycles. The van der Waals surface area contributed by atoms with Crippen molar-refractivity contribution in [3.8, 4) is 0 Å². The second kappa shape index (κ2) is 6.55. The van der Waals surface area contributed by atoms with Crippen LogP contribution < -0.4 is 5.73 Å². The summed E-state index contributed by atoms with van der Waals surface area (Å²) in [4.78, 5) is 15.1. The van der Waals surface area contributed by atoms with E-state index in [0.717, 1.165) is 6.07 Å². The number of carbonyl (C=O) groups is 1. The van der Waals surface area contributed by atoms with Gasteiger partial charge in [0.1, 0.15) is 0 Å². The molecule has 23 heavy (non-hydrogen) atoms. The van der Waals surface area contributed by atoms with Gasteiger partial charge < -0.3 is 5.73 Å². The molecule has 1 amide bonds. The van der Waals surface area contributed by atoms with E-state index in [1.165, 1.54) is 12.1 Å². The Morgan fingerprint density at radius 1 is 1.17 bits per heavy atom. The molecular weight excluding hydrogens is 376 g/mol. The van der Waals surface area contributed by atoms with E-state index in [2.05, 4.69) is 4.98 Å². The SMILES string of the molecule is NC(=O)c1c(Cl)ccc(Cc2ncc(C(F)(F)F)cc2Cl)c1Cl. The van der Waals surface area contributed by atoms with Crippen molar-refractivity contribution >= 4 is 40.7 Å². The number of alkyl halides is 3. The zero-order valence-corrected chi connectivity index (χ0v) is 13.5. The summed E-state index contributed by atoms with van der Waals surface area (Å²) in [6, 6.07) is 3.72. The lowest BCUT2D eigenvalue weighted by atomic mass is 10.0. The third-order valence-electron chi connectivity index (χ3n) is 3.02. The zero-order valence-electron chi connectivity index (χ0n) is 11.2. The fourth-order valence-corrected chi connectivity index (χ4v) is 2.75. The van der Waals surface area contributed by atoms with Gasteiger partial charge >= 0.3 is 6.18 Å². The van der Waals surface area contributed by atoms with Gasteiger partial charge in [-0.15, -0.1) is 0 Å². The number of hydrogen-bond acceptors (Lipinski definition) is 2. The molecule has 0 saturated carbocycles. The minimum absolute atomic E-state index is 0.0164. The van der Waals surface area contributed by atoms with Crippen LogP contribution in [0, 0.1) is 0 Å². The molecule has 3 nitrogen and oxygen atoms in total. The van der Waals surface area contributed by atoms with Crippen LogP contribution in [-0.4, -0.2) is 10.9 Å². The molecule has 9 heteroatoms. The highest BCUT2D eigenvalue weighted by Gasteiger charge is 2.31. The number of hydrogen-bond donors (Lipinski definition) is 1. The monoisotopic (exact) mass is 382 g/mol. The summed E-state index contributed by atoms with van der Waals surface area (Å²) in [6.07, 6.45) is -3.83. The van der Waals surface area contributed by atoms with Gasteiger partial charge in [-0.25, -0.2) is 0 Å². The summed E-state index contributed by atoms with van der Waals surface area (Å²) >= 11 is 17.8. The van der Waals surface area contributed by atoms with Crippen LogP contribution >= 0.6 is 34.8 Å². The van der Waals surface area contributed by atoms with Gasteiger partial charge in [0.2, 0.25) is 0 Å². The van der Waals surface area contributed by atoms with Gasteiger partial charge in [-0.3, -0.25) is 9.78 Å². The Kier molecular flexibility index (Phi) is 5.08. The van der Waals surface area contributed by atoms with Gasteiger partial charge in [0.15, 0.2) is 0 Å². The first-order chi connectivity index (χ1) is 10.6. The maximum absolute atomic E-state index is 12.6. The van der Waals surface area contributed by atoms with Gasteiger partial charge in [-0.2, -0.15) is 13.2 Å². The Balaban J connectivity index is 2.41. The number of nitrogens with zero attached hydrogens (tertiary/aromatic N) is 1. The first kappa shape index (κ1) is 17.8.